The summed E-state index contributed by atoms with van der Waals surface area (Å²) in [6.45, 7) is 0. The molecule has 0 amide bonds. The van der Waals surface area contributed by atoms with Crippen molar-refractivity contribution < 1.29 is 42.6 Å². The molecule has 0 unspecified atom stereocenters. The van der Waals surface area contributed by atoms with Crippen molar-refractivity contribution in [2.45, 2.75) is 0 Å². The highest BCUT2D eigenvalue weighted by atomic mass is 32.1. The summed E-state index contributed by atoms with van der Waals surface area (Å²) in [6, 6.07) is 8.54. The van der Waals surface area contributed by atoms with Crippen molar-refractivity contribution in [1.29, 1.82) is 0 Å². The quantitative estimate of drug-likeness (QED) is 0.260. The van der Waals surface area contributed by atoms with Crippen LogP contribution in [0.2, 0.25) is 0 Å². The summed E-state index contributed by atoms with van der Waals surface area (Å²) in [5, 5.41) is 3.72. The molecule has 0 fully saturated rings. The number of benzene rings is 2. The van der Waals surface area contributed by atoms with E-state index in [0.717, 1.165) is 0 Å². The van der Waals surface area contributed by atoms with Gasteiger partial charge in [-0.1, -0.05) is 0 Å². The Morgan fingerprint density at radius 1 is 0.757 bits per heavy atom. The average Bonchev–Trinajstić information content (AvgIpc) is 3.62. The lowest BCUT2D eigenvalue weighted by Crippen LogP contribution is -1.98. The Balaban J connectivity index is 0.000000678. The van der Waals surface area contributed by atoms with E-state index in [4.69, 9.17) is 28.2 Å². The summed E-state index contributed by atoms with van der Waals surface area (Å²) in [4.78, 5) is 18.6. The zero-order chi connectivity index (χ0) is 27.0. The normalized spacial score (nSPS) is 10.7. The third-order valence-corrected chi connectivity index (χ3v) is 6.41. The molecule has 0 aliphatic carbocycles. The van der Waals surface area contributed by atoms with E-state index in [2.05, 4.69) is 8.75 Å². The Morgan fingerprint density at radius 3 is 1.73 bits per heavy atom. The van der Waals surface area contributed by atoms with Crippen LogP contribution in [0.1, 0.15) is 0 Å². The molecule has 37 heavy (non-hydrogen) atoms. The largest absolute Gasteiger partial charge is 0.524 e. The number of ether oxygens (including phenoxy) is 5. The molecule has 11 nitrogen and oxygen atoms in total. The number of rotatable bonds is 9. The Labute approximate surface area is 221 Å². The number of phosphoric acid groups is 1. The highest BCUT2D eigenvalue weighted by Gasteiger charge is 2.25. The van der Waals surface area contributed by atoms with Crippen molar-refractivity contribution in [1.82, 2.24) is 8.75 Å². The fourth-order valence-electron chi connectivity index (χ4n) is 3.32. The zero-order valence-electron chi connectivity index (χ0n) is 20.5. The number of methoxy groups -OCH3 is 5. The molecule has 0 aliphatic rings. The summed E-state index contributed by atoms with van der Waals surface area (Å²) in [5.41, 5.74) is 2.48. The smallest absolute Gasteiger partial charge is 0.493 e. The van der Waals surface area contributed by atoms with Gasteiger partial charge in [0.05, 0.1) is 41.2 Å². The van der Waals surface area contributed by atoms with Crippen LogP contribution >= 0.6 is 30.9 Å². The molecular formula is C23H25N2O9PS2. The first-order chi connectivity index (χ1) is 17.8. The van der Waals surface area contributed by atoms with E-state index in [0.29, 0.717) is 39.6 Å². The van der Waals surface area contributed by atoms with Crippen LogP contribution in [-0.4, -0.2) is 54.1 Å². The van der Waals surface area contributed by atoms with Crippen LogP contribution in [0.25, 0.3) is 22.4 Å². The molecule has 0 saturated carbocycles. The molecule has 0 spiro atoms. The molecular weight excluding hydrogens is 543 g/mol. The molecule has 2 aromatic carbocycles. The van der Waals surface area contributed by atoms with E-state index in [1.807, 2.05) is 11.4 Å². The monoisotopic (exact) mass is 568 g/mol. The minimum absolute atomic E-state index is 0.0529. The van der Waals surface area contributed by atoms with Crippen LogP contribution in [0.15, 0.2) is 47.3 Å². The maximum absolute atomic E-state index is 11.5. The van der Waals surface area contributed by atoms with Crippen molar-refractivity contribution in [2.75, 3.05) is 35.5 Å². The van der Waals surface area contributed by atoms with Crippen molar-refractivity contribution in [3.63, 3.8) is 0 Å². The average molecular weight is 569 g/mol. The van der Waals surface area contributed by atoms with Crippen LogP contribution in [0.3, 0.4) is 0 Å². The fraction of sp³-hybridized carbons (Fsp3) is 0.217. The molecule has 198 valence electrons. The molecule has 2 aromatic heterocycles. The van der Waals surface area contributed by atoms with Crippen LogP contribution in [-0.2, 0) is 4.57 Å². The number of hydrogen-bond acceptors (Lipinski definition) is 11. The number of aromatic nitrogens is 2. The fourth-order valence-corrected chi connectivity index (χ4v) is 4.78. The molecule has 2 N–H and O–H groups in total. The second kappa shape index (κ2) is 12.7. The number of phosphoric ester groups is 1. The van der Waals surface area contributed by atoms with Crippen molar-refractivity contribution in [2.24, 2.45) is 0 Å². The van der Waals surface area contributed by atoms with Gasteiger partial charge in [0.15, 0.2) is 23.0 Å². The summed E-state index contributed by atoms with van der Waals surface area (Å²) in [6.07, 6.45) is 1.77. The van der Waals surface area contributed by atoms with Crippen LogP contribution in [0, 0.1) is 0 Å². The standard InChI is InChI=1S/C20H22NO9PS.C3H3NS/c1-25-14-6-11(7-17(20(14)29-5)30-31(22,23)24)13-10-32-21-18(13)12-8-15(26-2)19(28-4)16(9-12)27-3;1-2-4-5-3-1/h6-10H,1-5H3,(H2,22,23,24);1-3H. The minimum atomic E-state index is -4.85. The zero-order valence-corrected chi connectivity index (χ0v) is 23.1. The third kappa shape index (κ3) is 6.90. The minimum Gasteiger partial charge on any atom is -0.493 e. The van der Waals surface area contributed by atoms with Gasteiger partial charge in [0.2, 0.25) is 11.5 Å². The second-order valence-corrected chi connectivity index (χ2v) is 9.46. The number of hydrogen-bond donors (Lipinski definition) is 2. The van der Waals surface area contributed by atoms with Gasteiger partial charge in [-0.25, -0.2) is 8.94 Å². The van der Waals surface area contributed by atoms with Crippen molar-refractivity contribution in [3.8, 4) is 56.9 Å². The second-order valence-electron chi connectivity index (χ2n) is 6.97. The maximum Gasteiger partial charge on any atom is 0.524 e. The van der Waals surface area contributed by atoms with Gasteiger partial charge in [-0.15, -0.1) is 0 Å². The summed E-state index contributed by atoms with van der Waals surface area (Å²) < 4.78 is 51.4. The van der Waals surface area contributed by atoms with Gasteiger partial charge in [-0.2, -0.15) is 4.37 Å². The van der Waals surface area contributed by atoms with Gasteiger partial charge in [0.25, 0.3) is 0 Å². The van der Waals surface area contributed by atoms with E-state index in [-0.39, 0.29) is 17.2 Å². The van der Waals surface area contributed by atoms with E-state index >= 15 is 0 Å². The van der Waals surface area contributed by atoms with Gasteiger partial charge >= 0.3 is 7.82 Å². The van der Waals surface area contributed by atoms with Crippen molar-refractivity contribution in [3.05, 3.63) is 47.3 Å². The van der Waals surface area contributed by atoms with E-state index in [1.165, 1.54) is 64.7 Å². The van der Waals surface area contributed by atoms with E-state index in [1.54, 1.807) is 29.8 Å². The molecule has 0 saturated heterocycles. The predicted octanol–water partition coefficient (Wildman–Crippen LogP) is 5.13. The van der Waals surface area contributed by atoms with E-state index in [9.17, 15) is 14.4 Å². The lowest BCUT2D eigenvalue weighted by molar-refractivity contribution is 0.273. The molecule has 0 atom stereocenters. The topological polar surface area (TPSA) is 139 Å². The van der Waals surface area contributed by atoms with E-state index < -0.39 is 7.82 Å². The summed E-state index contributed by atoms with van der Waals surface area (Å²) >= 11 is 2.67. The molecule has 0 aliphatic heterocycles. The summed E-state index contributed by atoms with van der Waals surface area (Å²) in [5.74, 6) is 1.47. The first kappa shape index (κ1) is 28.2. The van der Waals surface area contributed by atoms with Gasteiger partial charge in [0.1, 0.15) is 0 Å². The first-order valence-corrected chi connectivity index (χ1v) is 13.6. The first-order valence-electron chi connectivity index (χ1n) is 10.4. The van der Waals surface area contributed by atoms with Crippen LogP contribution < -0.4 is 28.2 Å². The molecule has 14 heteroatoms. The van der Waals surface area contributed by atoms with Gasteiger partial charge in [0, 0.05) is 28.1 Å². The summed E-state index contributed by atoms with van der Waals surface area (Å²) in [7, 11) is 2.45. The Morgan fingerprint density at radius 2 is 1.30 bits per heavy atom. The van der Waals surface area contributed by atoms with Gasteiger partial charge in [-0.05, 0) is 59.0 Å². The highest BCUT2D eigenvalue weighted by Crippen LogP contribution is 2.49. The predicted molar refractivity (Wildman–Crippen MR) is 141 cm³/mol. The van der Waals surface area contributed by atoms with Gasteiger partial charge in [-0.3, -0.25) is 9.79 Å². The molecule has 0 bridgehead atoms. The third-order valence-electron chi connectivity index (χ3n) is 4.83. The Hall–Kier alpha value is -3.35. The highest BCUT2D eigenvalue weighted by molar-refractivity contribution is 7.46. The van der Waals surface area contributed by atoms with Gasteiger partial charge < -0.3 is 28.2 Å². The molecule has 4 aromatic rings. The van der Waals surface area contributed by atoms with Crippen LogP contribution in [0.4, 0.5) is 0 Å². The maximum atomic E-state index is 11.5. The molecule has 0 radical (unpaired) electrons. The lowest BCUT2D eigenvalue weighted by atomic mass is 10.0. The van der Waals surface area contributed by atoms with Crippen LogP contribution in [0.5, 0.6) is 34.5 Å². The Bertz CT molecular complexity index is 1310. The molecule has 4 rings (SSSR count). The SMILES string of the molecule is COc1cc(-c2nscc2-c2cc(OC)c(OC)c(OP(=O)(O)O)c2)cc(OC)c1OC.c1cnsc1. The number of nitrogens with zero attached hydrogens (tertiary/aromatic N) is 2. The lowest BCUT2D eigenvalue weighted by Gasteiger charge is -2.16. The van der Waals surface area contributed by atoms with Crippen molar-refractivity contribution >= 4 is 30.9 Å². The Kier molecular flexibility index (Phi) is 9.73. The molecule has 2 heterocycles.